The number of likely N-dealkylation sites (tertiary alicyclic amines) is 2. The van der Waals surface area contributed by atoms with Crippen LogP contribution in [0.5, 0.6) is 5.75 Å². The molecule has 0 unspecified atom stereocenters. The number of piperidine rings is 2. The molecule has 1 aromatic rings. The van der Waals surface area contributed by atoms with E-state index in [1.165, 1.54) is 17.7 Å². The standard InChI is InChI=1S/C27H42N4O3/c1-20(2)18-31-26(33)30(19-22-6-8-24(34-5)9-7-22)25(32)27(31)12-16-29(17-13-27)23-10-14-28(15-11-23)21(3)4/h6-9,20-21,23H,10-19H2,1-5H3. The minimum absolute atomic E-state index is 0.0109. The quantitative estimate of drug-likeness (QED) is 0.567. The molecule has 188 valence electrons. The predicted molar refractivity (Wildman–Crippen MR) is 134 cm³/mol. The van der Waals surface area contributed by atoms with E-state index in [2.05, 4.69) is 37.5 Å². The van der Waals surface area contributed by atoms with E-state index in [0.717, 1.165) is 50.3 Å². The third kappa shape index (κ3) is 4.82. The normalized spacial score (nSPS) is 22.6. The molecule has 0 aromatic heterocycles. The number of carbonyl (C=O) groups excluding carboxylic acids is 2. The molecule has 0 atom stereocenters. The second-order valence-corrected chi connectivity index (χ2v) is 11.0. The fraction of sp³-hybridized carbons (Fsp3) is 0.704. The first-order chi connectivity index (χ1) is 16.2. The summed E-state index contributed by atoms with van der Waals surface area (Å²) in [6, 6.07) is 8.69. The van der Waals surface area contributed by atoms with Gasteiger partial charge in [0.1, 0.15) is 11.3 Å². The van der Waals surface area contributed by atoms with Crippen LogP contribution < -0.4 is 4.74 Å². The molecule has 0 bridgehead atoms. The zero-order valence-corrected chi connectivity index (χ0v) is 21.6. The van der Waals surface area contributed by atoms with Crippen molar-refractivity contribution in [1.29, 1.82) is 0 Å². The second kappa shape index (κ2) is 10.2. The number of hydrogen-bond acceptors (Lipinski definition) is 5. The van der Waals surface area contributed by atoms with Crippen LogP contribution in [0.25, 0.3) is 0 Å². The molecule has 3 saturated heterocycles. The molecular formula is C27H42N4O3. The van der Waals surface area contributed by atoms with Crippen LogP contribution in [0.1, 0.15) is 58.9 Å². The fourth-order valence-corrected chi connectivity index (χ4v) is 5.96. The van der Waals surface area contributed by atoms with Crippen LogP contribution in [0.2, 0.25) is 0 Å². The Balaban J connectivity index is 1.47. The topological polar surface area (TPSA) is 56.3 Å². The molecule has 1 spiro atoms. The zero-order valence-electron chi connectivity index (χ0n) is 21.6. The van der Waals surface area contributed by atoms with Gasteiger partial charge in [-0.3, -0.25) is 9.69 Å². The van der Waals surface area contributed by atoms with E-state index in [1.807, 2.05) is 29.2 Å². The summed E-state index contributed by atoms with van der Waals surface area (Å²) < 4.78 is 5.25. The highest BCUT2D eigenvalue weighted by atomic mass is 16.5. The summed E-state index contributed by atoms with van der Waals surface area (Å²) in [5, 5.41) is 0. The highest BCUT2D eigenvalue weighted by Crippen LogP contribution is 2.39. The molecule has 0 radical (unpaired) electrons. The van der Waals surface area contributed by atoms with E-state index in [4.69, 9.17) is 4.74 Å². The number of hydrogen-bond donors (Lipinski definition) is 0. The molecule has 4 rings (SSSR count). The van der Waals surface area contributed by atoms with Crippen molar-refractivity contribution in [2.75, 3.05) is 39.8 Å². The Hall–Kier alpha value is -2.12. The van der Waals surface area contributed by atoms with Crippen LogP contribution in [-0.2, 0) is 11.3 Å². The van der Waals surface area contributed by atoms with Gasteiger partial charge in [-0.1, -0.05) is 26.0 Å². The zero-order chi connectivity index (χ0) is 24.5. The summed E-state index contributed by atoms with van der Waals surface area (Å²) in [5.41, 5.74) is 0.251. The fourth-order valence-electron chi connectivity index (χ4n) is 5.96. The summed E-state index contributed by atoms with van der Waals surface area (Å²) in [6.45, 7) is 13.8. The van der Waals surface area contributed by atoms with Crippen molar-refractivity contribution >= 4 is 11.9 Å². The van der Waals surface area contributed by atoms with Gasteiger partial charge >= 0.3 is 6.03 Å². The summed E-state index contributed by atoms with van der Waals surface area (Å²) in [7, 11) is 1.64. The average Bonchev–Trinajstić information content (AvgIpc) is 3.01. The van der Waals surface area contributed by atoms with Crippen LogP contribution >= 0.6 is 0 Å². The van der Waals surface area contributed by atoms with Gasteiger partial charge in [0.2, 0.25) is 0 Å². The number of rotatable bonds is 7. The number of urea groups is 1. The average molecular weight is 471 g/mol. The number of methoxy groups -OCH3 is 1. The Morgan fingerprint density at radius 2 is 1.59 bits per heavy atom. The highest BCUT2D eigenvalue weighted by molar-refractivity contribution is 6.07. The number of nitrogens with zero attached hydrogens (tertiary/aromatic N) is 4. The van der Waals surface area contributed by atoms with Crippen LogP contribution in [-0.4, -0.2) is 89.0 Å². The molecule has 0 aliphatic carbocycles. The summed E-state index contributed by atoms with van der Waals surface area (Å²) in [5.74, 6) is 1.07. The van der Waals surface area contributed by atoms with Gasteiger partial charge in [-0.25, -0.2) is 4.79 Å². The van der Waals surface area contributed by atoms with Crippen molar-refractivity contribution in [3.63, 3.8) is 0 Å². The predicted octanol–water partition coefficient (Wildman–Crippen LogP) is 3.82. The summed E-state index contributed by atoms with van der Waals surface area (Å²) in [4.78, 5) is 35.9. The van der Waals surface area contributed by atoms with Crippen molar-refractivity contribution in [2.45, 2.75) is 77.5 Å². The Bertz CT molecular complexity index is 853. The number of amides is 3. The first-order valence-electron chi connectivity index (χ1n) is 13.0. The highest BCUT2D eigenvalue weighted by Gasteiger charge is 2.58. The van der Waals surface area contributed by atoms with Crippen LogP contribution in [0.3, 0.4) is 0 Å². The second-order valence-electron chi connectivity index (χ2n) is 11.0. The summed E-state index contributed by atoms with van der Waals surface area (Å²) in [6.07, 6.45) is 3.84. The van der Waals surface area contributed by atoms with Gasteiger partial charge in [0.05, 0.1) is 13.7 Å². The molecule has 7 heteroatoms. The lowest BCUT2D eigenvalue weighted by molar-refractivity contribution is -0.136. The van der Waals surface area contributed by atoms with E-state index in [-0.39, 0.29) is 11.9 Å². The molecule has 1 aromatic carbocycles. The van der Waals surface area contributed by atoms with Gasteiger partial charge in [0.15, 0.2) is 0 Å². The Kier molecular flexibility index (Phi) is 7.53. The third-order valence-electron chi connectivity index (χ3n) is 8.04. The van der Waals surface area contributed by atoms with Crippen molar-refractivity contribution in [3.05, 3.63) is 29.8 Å². The van der Waals surface area contributed by atoms with Gasteiger partial charge < -0.3 is 19.4 Å². The molecule has 3 aliphatic rings. The molecular weight excluding hydrogens is 428 g/mol. The molecule has 0 N–H and O–H groups in total. The SMILES string of the molecule is COc1ccc(CN2C(=O)N(CC(C)C)C3(CCN(C4CCN(C(C)C)CC4)CC3)C2=O)cc1. The minimum Gasteiger partial charge on any atom is -0.497 e. The van der Waals surface area contributed by atoms with Gasteiger partial charge in [-0.05, 0) is 76.2 Å². The Labute approximate surface area is 205 Å². The van der Waals surface area contributed by atoms with Gasteiger partial charge in [-0.15, -0.1) is 0 Å². The lowest BCUT2D eigenvalue weighted by Gasteiger charge is -2.47. The summed E-state index contributed by atoms with van der Waals surface area (Å²) >= 11 is 0. The maximum absolute atomic E-state index is 13.8. The molecule has 0 saturated carbocycles. The monoisotopic (exact) mass is 470 g/mol. The maximum Gasteiger partial charge on any atom is 0.327 e. The third-order valence-corrected chi connectivity index (χ3v) is 8.04. The molecule has 3 aliphatic heterocycles. The number of benzene rings is 1. The smallest absolute Gasteiger partial charge is 0.327 e. The van der Waals surface area contributed by atoms with E-state index in [1.54, 1.807) is 7.11 Å². The van der Waals surface area contributed by atoms with Crippen molar-refractivity contribution in [1.82, 2.24) is 19.6 Å². The number of ether oxygens (including phenoxy) is 1. The number of imide groups is 1. The van der Waals surface area contributed by atoms with Crippen molar-refractivity contribution < 1.29 is 14.3 Å². The van der Waals surface area contributed by atoms with Crippen LogP contribution in [0.4, 0.5) is 4.79 Å². The Morgan fingerprint density at radius 3 is 2.12 bits per heavy atom. The lowest BCUT2D eigenvalue weighted by Crippen LogP contribution is -2.59. The maximum atomic E-state index is 13.8. The molecule has 3 heterocycles. The van der Waals surface area contributed by atoms with Crippen molar-refractivity contribution in [3.8, 4) is 5.75 Å². The van der Waals surface area contributed by atoms with Gasteiger partial charge in [0, 0.05) is 31.7 Å². The van der Waals surface area contributed by atoms with Gasteiger partial charge in [-0.2, -0.15) is 0 Å². The minimum atomic E-state index is -0.692. The first kappa shape index (κ1) is 25.0. The van der Waals surface area contributed by atoms with E-state index in [9.17, 15) is 9.59 Å². The first-order valence-corrected chi connectivity index (χ1v) is 13.0. The van der Waals surface area contributed by atoms with Crippen LogP contribution in [0, 0.1) is 5.92 Å². The van der Waals surface area contributed by atoms with Crippen molar-refractivity contribution in [2.24, 2.45) is 5.92 Å². The van der Waals surface area contributed by atoms with E-state index < -0.39 is 5.54 Å². The largest absolute Gasteiger partial charge is 0.497 e. The molecule has 34 heavy (non-hydrogen) atoms. The molecule has 3 amide bonds. The molecule has 3 fully saturated rings. The lowest BCUT2D eigenvalue weighted by atomic mass is 9.84. The Morgan fingerprint density at radius 1 is 0.971 bits per heavy atom. The van der Waals surface area contributed by atoms with Crippen LogP contribution in [0.15, 0.2) is 24.3 Å². The molecule has 7 nitrogen and oxygen atoms in total. The van der Waals surface area contributed by atoms with E-state index >= 15 is 0 Å². The van der Waals surface area contributed by atoms with Gasteiger partial charge in [0.25, 0.3) is 5.91 Å². The number of carbonyl (C=O) groups is 2. The van der Waals surface area contributed by atoms with E-state index in [0.29, 0.717) is 31.1 Å².